The number of benzene rings is 2. The van der Waals surface area contributed by atoms with Crippen LogP contribution in [-0.4, -0.2) is 46.1 Å². The molecule has 7 nitrogen and oxygen atoms in total. The summed E-state index contributed by atoms with van der Waals surface area (Å²) in [5, 5.41) is 23.8. The monoisotopic (exact) mass is 441 g/mol. The van der Waals surface area contributed by atoms with Gasteiger partial charge in [-0.05, 0) is 35.9 Å². The van der Waals surface area contributed by atoms with Crippen LogP contribution in [0.2, 0.25) is 5.02 Å². The summed E-state index contributed by atoms with van der Waals surface area (Å²) in [5.74, 6) is 3.22. The van der Waals surface area contributed by atoms with Gasteiger partial charge < -0.3 is 15.0 Å². The van der Waals surface area contributed by atoms with Gasteiger partial charge in [0, 0.05) is 52.7 Å². The number of anilines is 2. The zero-order valence-electron chi connectivity index (χ0n) is 16.4. The van der Waals surface area contributed by atoms with Crippen LogP contribution >= 0.6 is 11.6 Å². The molecule has 3 aromatic rings. The fourth-order valence-corrected chi connectivity index (χ4v) is 4.76. The number of nitrogens with one attached hydrogen (secondary N) is 1. The predicted molar refractivity (Wildman–Crippen MR) is 120 cm³/mol. The zero-order valence-corrected chi connectivity index (χ0v) is 18.0. The lowest BCUT2D eigenvalue weighted by molar-refractivity contribution is 0.415. The third kappa shape index (κ3) is 4.18. The van der Waals surface area contributed by atoms with E-state index in [0.717, 1.165) is 22.2 Å². The summed E-state index contributed by atoms with van der Waals surface area (Å²) < 4.78 is 16.9. The maximum atomic E-state index is 11.7. The zero-order chi connectivity index (χ0) is 21.1. The van der Waals surface area contributed by atoms with Gasteiger partial charge in [-0.2, -0.15) is 5.26 Å². The first kappa shape index (κ1) is 20.4. The number of hydrogen-bond donors (Lipinski definition) is 1. The van der Waals surface area contributed by atoms with E-state index >= 15 is 0 Å². The molecule has 0 aliphatic carbocycles. The van der Waals surface area contributed by atoms with Crippen LogP contribution in [0, 0.1) is 11.3 Å². The average molecular weight is 442 g/mol. The van der Waals surface area contributed by atoms with Crippen molar-refractivity contribution in [2.24, 2.45) is 0 Å². The predicted octanol–water partition coefficient (Wildman–Crippen LogP) is 3.34. The van der Waals surface area contributed by atoms with E-state index in [1.807, 2.05) is 30.3 Å². The van der Waals surface area contributed by atoms with Crippen LogP contribution in [0.4, 0.5) is 11.6 Å². The molecule has 0 bridgehead atoms. The second kappa shape index (κ2) is 8.86. The summed E-state index contributed by atoms with van der Waals surface area (Å²) in [6.07, 6.45) is 0. The van der Waals surface area contributed by atoms with Crippen molar-refractivity contribution in [2.75, 3.05) is 41.9 Å². The van der Waals surface area contributed by atoms with Crippen LogP contribution in [-0.2, 0) is 17.3 Å². The Kier molecular flexibility index (Phi) is 6.02. The molecule has 1 saturated heterocycles. The van der Waals surface area contributed by atoms with E-state index in [9.17, 15) is 9.47 Å². The minimum absolute atomic E-state index is 0.492. The second-order valence-corrected chi connectivity index (χ2v) is 9.01. The van der Waals surface area contributed by atoms with E-state index < -0.39 is 10.8 Å². The Labute approximate surface area is 182 Å². The second-order valence-electron chi connectivity index (χ2n) is 6.90. The van der Waals surface area contributed by atoms with E-state index in [-0.39, 0.29) is 0 Å². The van der Waals surface area contributed by atoms with Gasteiger partial charge in [-0.1, -0.05) is 17.7 Å². The summed E-state index contributed by atoms with van der Waals surface area (Å²) in [6, 6.07) is 13.3. The van der Waals surface area contributed by atoms with Crippen molar-refractivity contribution in [1.82, 2.24) is 10.2 Å². The highest BCUT2D eigenvalue weighted by molar-refractivity contribution is 7.85. The number of aromatic nitrogens is 2. The van der Waals surface area contributed by atoms with Crippen molar-refractivity contribution in [3.05, 3.63) is 52.5 Å². The largest absolute Gasteiger partial charge is 0.495 e. The number of nitrogens with zero attached hydrogens (tertiary/aromatic N) is 4. The quantitative estimate of drug-likeness (QED) is 0.649. The standard InChI is InChI=1S/C21H20ClN5O2S/c1-29-19-5-3-15(11-18(19)22)13-24-20-17-10-14(12-23)2-4-16(17)21(26-25-20)27-6-8-30(28)9-7-27/h2-5,10-11H,6-9,13H2,1H3,(H,24,25). The minimum Gasteiger partial charge on any atom is -0.495 e. The molecular weight excluding hydrogens is 422 g/mol. The van der Waals surface area contributed by atoms with Gasteiger partial charge in [0.05, 0.1) is 23.8 Å². The first-order valence-electron chi connectivity index (χ1n) is 9.46. The number of hydrogen-bond acceptors (Lipinski definition) is 7. The molecule has 2 aromatic carbocycles. The SMILES string of the molecule is COc1ccc(CNc2nnc(N3CCS(=O)CC3)c3ccc(C#N)cc23)cc1Cl. The van der Waals surface area contributed by atoms with Crippen LogP contribution in [0.5, 0.6) is 5.75 Å². The third-order valence-corrected chi connectivity index (χ3v) is 6.61. The number of ether oxygens (including phenoxy) is 1. The number of fused-ring (bicyclic) bond motifs is 1. The van der Waals surface area contributed by atoms with Crippen molar-refractivity contribution in [3.8, 4) is 11.8 Å². The molecule has 0 spiro atoms. The van der Waals surface area contributed by atoms with Crippen molar-refractivity contribution in [1.29, 1.82) is 5.26 Å². The van der Waals surface area contributed by atoms with Crippen molar-refractivity contribution in [2.45, 2.75) is 6.54 Å². The summed E-state index contributed by atoms with van der Waals surface area (Å²) in [6.45, 7) is 1.84. The van der Waals surface area contributed by atoms with Gasteiger partial charge >= 0.3 is 0 Å². The Hall–Kier alpha value is -2.89. The minimum atomic E-state index is -0.772. The average Bonchev–Trinajstić information content (AvgIpc) is 2.77. The van der Waals surface area contributed by atoms with Crippen molar-refractivity contribution < 1.29 is 8.95 Å². The van der Waals surface area contributed by atoms with Crippen LogP contribution in [0.3, 0.4) is 0 Å². The Balaban J connectivity index is 1.66. The number of halogens is 1. The number of nitriles is 1. The van der Waals surface area contributed by atoms with Crippen molar-refractivity contribution >= 4 is 44.8 Å². The summed E-state index contributed by atoms with van der Waals surface area (Å²) >= 11 is 6.22. The van der Waals surface area contributed by atoms with Crippen molar-refractivity contribution in [3.63, 3.8) is 0 Å². The molecule has 1 aliphatic heterocycles. The van der Waals surface area contributed by atoms with Gasteiger partial charge in [-0.15, -0.1) is 10.2 Å². The molecule has 0 saturated carbocycles. The van der Waals surface area contributed by atoms with Crippen LogP contribution in [0.25, 0.3) is 10.8 Å². The molecule has 1 fully saturated rings. The molecule has 0 unspecified atom stereocenters. The Bertz CT molecular complexity index is 1150. The maximum Gasteiger partial charge on any atom is 0.159 e. The highest BCUT2D eigenvalue weighted by atomic mass is 35.5. The number of rotatable bonds is 5. The fourth-order valence-electron chi connectivity index (χ4n) is 3.43. The van der Waals surface area contributed by atoms with Gasteiger partial charge in [-0.3, -0.25) is 4.21 Å². The lowest BCUT2D eigenvalue weighted by atomic mass is 10.1. The van der Waals surface area contributed by atoms with Crippen LogP contribution < -0.4 is 15.0 Å². The molecule has 1 aliphatic rings. The molecule has 0 amide bonds. The molecule has 1 aromatic heterocycles. The molecule has 0 radical (unpaired) electrons. The fraction of sp³-hybridized carbons (Fsp3) is 0.286. The normalized spacial score (nSPS) is 14.5. The first-order valence-corrected chi connectivity index (χ1v) is 11.3. The van der Waals surface area contributed by atoms with Gasteiger partial charge in [0.1, 0.15) is 5.75 Å². The maximum absolute atomic E-state index is 11.7. The van der Waals surface area contributed by atoms with Gasteiger partial charge in [-0.25, -0.2) is 0 Å². The number of methoxy groups -OCH3 is 1. The molecule has 30 heavy (non-hydrogen) atoms. The lowest BCUT2D eigenvalue weighted by Crippen LogP contribution is -2.38. The molecule has 4 rings (SSSR count). The molecule has 154 valence electrons. The lowest BCUT2D eigenvalue weighted by Gasteiger charge is -2.28. The Morgan fingerprint density at radius 3 is 2.70 bits per heavy atom. The van der Waals surface area contributed by atoms with E-state index in [1.54, 1.807) is 13.2 Å². The molecule has 1 N–H and O–H groups in total. The topological polar surface area (TPSA) is 91.1 Å². The van der Waals surface area contributed by atoms with Gasteiger partial charge in [0.2, 0.25) is 0 Å². The van der Waals surface area contributed by atoms with Gasteiger partial charge in [0.15, 0.2) is 11.6 Å². The van der Waals surface area contributed by atoms with E-state index in [2.05, 4.69) is 26.5 Å². The van der Waals surface area contributed by atoms with Crippen LogP contribution in [0.15, 0.2) is 36.4 Å². The molecule has 0 atom stereocenters. The molecule has 2 heterocycles. The first-order chi connectivity index (χ1) is 14.6. The Morgan fingerprint density at radius 2 is 2.00 bits per heavy atom. The smallest absolute Gasteiger partial charge is 0.159 e. The highest BCUT2D eigenvalue weighted by Gasteiger charge is 2.20. The van der Waals surface area contributed by atoms with E-state index in [1.165, 1.54) is 0 Å². The highest BCUT2D eigenvalue weighted by Crippen LogP contribution is 2.31. The van der Waals surface area contributed by atoms with E-state index in [4.69, 9.17) is 16.3 Å². The van der Waals surface area contributed by atoms with E-state index in [0.29, 0.717) is 53.3 Å². The summed E-state index contributed by atoms with van der Waals surface area (Å²) in [4.78, 5) is 2.11. The van der Waals surface area contributed by atoms with Crippen LogP contribution in [0.1, 0.15) is 11.1 Å². The molecule has 9 heteroatoms. The molecular formula is C21H20ClN5O2S. The summed E-state index contributed by atoms with van der Waals surface area (Å²) in [5.41, 5.74) is 1.52. The van der Waals surface area contributed by atoms with Gasteiger partial charge in [0.25, 0.3) is 0 Å². The Morgan fingerprint density at radius 1 is 1.20 bits per heavy atom. The third-order valence-electron chi connectivity index (χ3n) is 5.04. The summed E-state index contributed by atoms with van der Waals surface area (Å²) in [7, 11) is 0.807.